The predicted octanol–water partition coefficient (Wildman–Crippen LogP) is 1.91. The number of piperazine rings is 1. The highest BCUT2D eigenvalue weighted by Gasteiger charge is 2.24. The molecule has 1 aliphatic heterocycles. The van der Waals surface area contributed by atoms with Crippen LogP contribution in [0.1, 0.15) is 26.3 Å². The van der Waals surface area contributed by atoms with E-state index < -0.39 is 5.97 Å². The maximum absolute atomic E-state index is 12.5. The largest absolute Gasteiger partial charge is 0.478 e. The van der Waals surface area contributed by atoms with Crippen LogP contribution in [-0.4, -0.2) is 58.9 Å². The molecular weight excluding hydrogens is 332 g/mol. The first-order chi connectivity index (χ1) is 12.5. The van der Waals surface area contributed by atoms with Crippen molar-refractivity contribution >= 4 is 17.8 Å². The Morgan fingerprint density at radius 3 is 2.08 bits per heavy atom. The van der Waals surface area contributed by atoms with Crippen LogP contribution in [-0.2, 0) is 11.2 Å². The molecule has 0 bridgehead atoms. The molecule has 2 aromatic carbocycles. The Bertz CT molecular complexity index is 812. The molecule has 0 unspecified atom stereocenters. The molecule has 6 nitrogen and oxygen atoms in total. The Morgan fingerprint density at radius 1 is 0.808 bits per heavy atom. The number of aromatic carboxylic acids is 1. The summed E-state index contributed by atoms with van der Waals surface area (Å²) in [7, 11) is 0. The van der Waals surface area contributed by atoms with Gasteiger partial charge in [0.05, 0.1) is 12.0 Å². The standard InChI is InChI=1S/C20H20N2O4/c23-18(14-15-5-4-8-17(13-15)20(25)26)21-9-11-22(12-10-21)19(24)16-6-2-1-3-7-16/h1-8,13H,9-12,14H2,(H,25,26). The van der Waals surface area contributed by atoms with Crippen LogP contribution in [0.15, 0.2) is 54.6 Å². The van der Waals surface area contributed by atoms with Gasteiger partial charge in [0.15, 0.2) is 0 Å². The minimum atomic E-state index is -1.01. The summed E-state index contributed by atoms with van der Waals surface area (Å²) in [5, 5.41) is 9.03. The molecule has 6 heteroatoms. The molecule has 2 amide bonds. The fourth-order valence-electron chi connectivity index (χ4n) is 3.02. The van der Waals surface area contributed by atoms with Crippen LogP contribution in [0, 0.1) is 0 Å². The second-order valence-corrected chi connectivity index (χ2v) is 6.22. The normalized spacial score (nSPS) is 14.2. The molecule has 0 saturated carbocycles. The second kappa shape index (κ2) is 7.82. The summed E-state index contributed by atoms with van der Waals surface area (Å²) in [6, 6.07) is 15.5. The fraction of sp³-hybridized carbons (Fsp3) is 0.250. The van der Waals surface area contributed by atoms with Crippen molar-refractivity contribution in [2.75, 3.05) is 26.2 Å². The van der Waals surface area contributed by atoms with Gasteiger partial charge in [-0.25, -0.2) is 4.79 Å². The van der Waals surface area contributed by atoms with E-state index in [0.717, 1.165) is 0 Å². The molecule has 134 valence electrons. The van der Waals surface area contributed by atoms with Gasteiger partial charge in [0.25, 0.3) is 5.91 Å². The zero-order valence-electron chi connectivity index (χ0n) is 14.3. The van der Waals surface area contributed by atoms with Crippen molar-refractivity contribution in [2.24, 2.45) is 0 Å². The minimum absolute atomic E-state index is 0.0214. The molecule has 2 aromatic rings. The van der Waals surface area contributed by atoms with Gasteiger partial charge in [-0.2, -0.15) is 0 Å². The summed E-state index contributed by atoms with van der Waals surface area (Å²) in [6.07, 6.45) is 0.160. The molecule has 1 N–H and O–H groups in total. The SMILES string of the molecule is O=C(O)c1cccc(CC(=O)N2CCN(C(=O)c3ccccc3)CC2)c1. The number of carbonyl (C=O) groups excluding carboxylic acids is 2. The fourth-order valence-corrected chi connectivity index (χ4v) is 3.02. The number of carboxylic acids is 1. The highest BCUT2D eigenvalue weighted by Crippen LogP contribution is 2.12. The second-order valence-electron chi connectivity index (χ2n) is 6.22. The Morgan fingerprint density at radius 2 is 1.42 bits per heavy atom. The molecule has 0 atom stereocenters. The maximum Gasteiger partial charge on any atom is 0.335 e. The minimum Gasteiger partial charge on any atom is -0.478 e. The summed E-state index contributed by atoms with van der Waals surface area (Å²) in [6.45, 7) is 1.95. The Labute approximate surface area is 151 Å². The van der Waals surface area contributed by atoms with E-state index in [4.69, 9.17) is 5.11 Å². The lowest BCUT2D eigenvalue weighted by Crippen LogP contribution is -2.51. The Hall–Kier alpha value is -3.15. The molecule has 3 rings (SSSR count). The number of rotatable bonds is 4. The van der Waals surface area contributed by atoms with Crippen molar-refractivity contribution in [1.29, 1.82) is 0 Å². The van der Waals surface area contributed by atoms with Gasteiger partial charge in [-0.3, -0.25) is 9.59 Å². The van der Waals surface area contributed by atoms with Crippen molar-refractivity contribution < 1.29 is 19.5 Å². The van der Waals surface area contributed by atoms with Crippen LogP contribution in [0.4, 0.5) is 0 Å². The zero-order valence-corrected chi connectivity index (χ0v) is 14.3. The smallest absolute Gasteiger partial charge is 0.335 e. The number of amides is 2. The van der Waals surface area contributed by atoms with E-state index in [9.17, 15) is 14.4 Å². The predicted molar refractivity (Wildman–Crippen MR) is 96.0 cm³/mol. The van der Waals surface area contributed by atoms with Gasteiger partial charge in [0.2, 0.25) is 5.91 Å². The van der Waals surface area contributed by atoms with E-state index in [-0.39, 0.29) is 23.8 Å². The van der Waals surface area contributed by atoms with Crippen molar-refractivity contribution in [2.45, 2.75) is 6.42 Å². The lowest BCUT2D eigenvalue weighted by Gasteiger charge is -2.35. The number of carbonyl (C=O) groups is 3. The quantitative estimate of drug-likeness (QED) is 0.912. The Kier molecular flexibility index (Phi) is 5.31. The van der Waals surface area contributed by atoms with Crippen LogP contribution in [0.2, 0.25) is 0 Å². The maximum atomic E-state index is 12.5. The van der Waals surface area contributed by atoms with Crippen LogP contribution < -0.4 is 0 Å². The van der Waals surface area contributed by atoms with E-state index in [1.165, 1.54) is 12.1 Å². The molecule has 0 spiro atoms. The highest BCUT2D eigenvalue weighted by molar-refractivity contribution is 5.94. The molecule has 1 saturated heterocycles. The summed E-state index contributed by atoms with van der Waals surface area (Å²) in [4.78, 5) is 39.4. The summed E-state index contributed by atoms with van der Waals surface area (Å²) >= 11 is 0. The van der Waals surface area contributed by atoms with Crippen molar-refractivity contribution in [3.8, 4) is 0 Å². The number of carboxylic acid groups (broad SMARTS) is 1. The van der Waals surface area contributed by atoms with Gasteiger partial charge < -0.3 is 14.9 Å². The van der Waals surface area contributed by atoms with Crippen molar-refractivity contribution in [1.82, 2.24) is 9.80 Å². The first kappa shape index (κ1) is 17.7. The summed E-state index contributed by atoms with van der Waals surface area (Å²) < 4.78 is 0. The molecule has 0 radical (unpaired) electrons. The number of hydrogen-bond acceptors (Lipinski definition) is 3. The molecule has 26 heavy (non-hydrogen) atoms. The van der Waals surface area contributed by atoms with Gasteiger partial charge in [-0.1, -0.05) is 30.3 Å². The van der Waals surface area contributed by atoms with E-state index in [1.54, 1.807) is 34.1 Å². The van der Waals surface area contributed by atoms with Gasteiger partial charge in [0.1, 0.15) is 0 Å². The first-order valence-electron chi connectivity index (χ1n) is 8.49. The van der Waals surface area contributed by atoms with Gasteiger partial charge in [-0.15, -0.1) is 0 Å². The average molecular weight is 352 g/mol. The van der Waals surface area contributed by atoms with E-state index in [2.05, 4.69) is 0 Å². The summed E-state index contributed by atoms with van der Waals surface area (Å²) in [5.41, 5.74) is 1.50. The lowest BCUT2D eigenvalue weighted by atomic mass is 10.1. The molecule has 1 fully saturated rings. The van der Waals surface area contributed by atoms with Crippen LogP contribution in [0.5, 0.6) is 0 Å². The topological polar surface area (TPSA) is 77.9 Å². The monoisotopic (exact) mass is 352 g/mol. The van der Waals surface area contributed by atoms with Gasteiger partial charge in [-0.05, 0) is 29.8 Å². The lowest BCUT2D eigenvalue weighted by molar-refractivity contribution is -0.131. The Balaban J connectivity index is 1.56. The van der Waals surface area contributed by atoms with Crippen LogP contribution in [0.25, 0.3) is 0 Å². The third-order valence-corrected chi connectivity index (χ3v) is 4.47. The van der Waals surface area contributed by atoms with Crippen LogP contribution in [0.3, 0.4) is 0 Å². The average Bonchev–Trinajstić information content (AvgIpc) is 2.68. The van der Waals surface area contributed by atoms with Crippen LogP contribution >= 0.6 is 0 Å². The number of hydrogen-bond donors (Lipinski definition) is 1. The van der Waals surface area contributed by atoms with Gasteiger partial charge in [0, 0.05) is 31.7 Å². The van der Waals surface area contributed by atoms with Gasteiger partial charge >= 0.3 is 5.97 Å². The molecule has 1 aliphatic rings. The number of benzene rings is 2. The van der Waals surface area contributed by atoms with Crippen molar-refractivity contribution in [3.63, 3.8) is 0 Å². The third-order valence-electron chi connectivity index (χ3n) is 4.47. The van der Waals surface area contributed by atoms with Crippen molar-refractivity contribution in [3.05, 3.63) is 71.3 Å². The van der Waals surface area contributed by atoms with E-state index in [0.29, 0.717) is 37.3 Å². The molecule has 0 aromatic heterocycles. The molecule has 1 heterocycles. The zero-order chi connectivity index (χ0) is 18.5. The molecule has 0 aliphatic carbocycles. The molecular formula is C20H20N2O4. The highest BCUT2D eigenvalue weighted by atomic mass is 16.4. The number of nitrogens with zero attached hydrogens (tertiary/aromatic N) is 2. The van der Waals surface area contributed by atoms with E-state index in [1.807, 2.05) is 18.2 Å². The third kappa shape index (κ3) is 4.08. The summed E-state index contributed by atoms with van der Waals surface area (Å²) in [5.74, 6) is -1.08. The first-order valence-corrected chi connectivity index (χ1v) is 8.49. The van der Waals surface area contributed by atoms with E-state index >= 15 is 0 Å².